The topological polar surface area (TPSA) is 42.4 Å². The van der Waals surface area contributed by atoms with Gasteiger partial charge in [0.05, 0.1) is 12.5 Å². The van der Waals surface area contributed by atoms with Gasteiger partial charge in [0.2, 0.25) is 5.91 Å². The van der Waals surface area contributed by atoms with Crippen molar-refractivity contribution in [3.8, 4) is 5.75 Å². The first-order valence-electron chi connectivity index (χ1n) is 9.37. The minimum atomic E-state index is -0.314. The van der Waals surface area contributed by atoms with Gasteiger partial charge >= 0.3 is 0 Å². The fraction of sp³-hybridized carbons (Fsp3) is 0.217. The predicted molar refractivity (Wildman–Crippen MR) is 110 cm³/mol. The Balaban J connectivity index is 1.53. The minimum absolute atomic E-state index is 0.0731. The van der Waals surface area contributed by atoms with Crippen LogP contribution in [0.2, 0.25) is 5.02 Å². The van der Waals surface area contributed by atoms with Gasteiger partial charge in [-0.3, -0.25) is 9.78 Å². The number of pyridine rings is 1. The van der Waals surface area contributed by atoms with Crippen LogP contribution in [-0.2, 0) is 4.79 Å². The lowest BCUT2D eigenvalue weighted by atomic mass is 9.90. The molecule has 1 aliphatic rings. The zero-order valence-corrected chi connectivity index (χ0v) is 16.1. The summed E-state index contributed by atoms with van der Waals surface area (Å²) in [6, 6.07) is 21.6. The number of carbonyl (C=O) groups is 1. The van der Waals surface area contributed by atoms with Gasteiger partial charge in [-0.05, 0) is 11.1 Å². The Kier molecular flexibility index (Phi) is 5.58. The molecule has 2 heterocycles. The lowest BCUT2D eigenvalue weighted by molar-refractivity contribution is -0.131. The number of likely N-dealkylation sites (tertiary alicyclic amines) is 1. The number of ether oxygens (including phenoxy) is 1. The van der Waals surface area contributed by atoms with E-state index < -0.39 is 0 Å². The molecule has 142 valence electrons. The first-order valence-corrected chi connectivity index (χ1v) is 9.75. The summed E-state index contributed by atoms with van der Waals surface area (Å²) in [7, 11) is 0. The fourth-order valence-corrected chi connectivity index (χ4v) is 3.78. The third-order valence-electron chi connectivity index (χ3n) is 5.00. The molecule has 4 rings (SSSR count). The maximum Gasteiger partial charge on any atom is 0.234 e. The molecule has 0 spiro atoms. The van der Waals surface area contributed by atoms with Crippen LogP contribution in [0.5, 0.6) is 5.75 Å². The molecule has 0 bridgehead atoms. The van der Waals surface area contributed by atoms with Crippen molar-refractivity contribution in [2.75, 3.05) is 13.1 Å². The van der Waals surface area contributed by atoms with Gasteiger partial charge in [0.1, 0.15) is 16.9 Å². The maximum absolute atomic E-state index is 13.4. The van der Waals surface area contributed by atoms with Gasteiger partial charge in [-0.15, -0.1) is 0 Å². The molecule has 3 aromatic rings. The van der Waals surface area contributed by atoms with E-state index in [1.165, 1.54) is 0 Å². The van der Waals surface area contributed by atoms with Gasteiger partial charge in [-0.1, -0.05) is 72.3 Å². The molecule has 28 heavy (non-hydrogen) atoms. The average Bonchev–Trinajstić information content (AvgIpc) is 3.20. The monoisotopic (exact) mass is 392 g/mol. The smallest absolute Gasteiger partial charge is 0.234 e. The van der Waals surface area contributed by atoms with Crippen LogP contribution in [0.4, 0.5) is 0 Å². The number of amides is 1. The van der Waals surface area contributed by atoms with E-state index in [1.807, 2.05) is 65.6 Å². The standard InChI is InChI=1S/C23H21ClN2O2/c24-20-15-25-13-11-21(20)28-19-12-14-26(16-19)23(27)22(17-7-3-1-4-8-17)18-9-5-2-6-10-18/h1-11,13,15,19,22H,12,14,16H2. The summed E-state index contributed by atoms with van der Waals surface area (Å²) in [5, 5.41) is 0.485. The molecule has 0 saturated carbocycles. The Labute approximate surface area is 169 Å². The van der Waals surface area contributed by atoms with Crippen molar-refractivity contribution < 1.29 is 9.53 Å². The highest BCUT2D eigenvalue weighted by molar-refractivity contribution is 6.31. The van der Waals surface area contributed by atoms with Crippen LogP contribution in [0, 0.1) is 0 Å². The van der Waals surface area contributed by atoms with E-state index in [-0.39, 0.29) is 17.9 Å². The largest absolute Gasteiger partial charge is 0.487 e. The van der Waals surface area contributed by atoms with E-state index in [9.17, 15) is 4.79 Å². The van der Waals surface area contributed by atoms with E-state index in [1.54, 1.807) is 18.5 Å². The van der Waals surface area contributed by atoms with Crippen molar-refractivity contribution in [2.24, 2.45) is 0 Å². The number of carbonyl (C=O) groups excluding carboxylic acids is 1. The van der Waals surface area contributed by atoms with Crippen LogP contribution < -0.4 is 4.74 Å². The highest BCUT2D eigenvalue weighted by Crippen LogP contribution is 2.30. The first-order chi connectivity index (χ1) is 13.7. The van der Waals surface area contributed by atoms with Crippen LogP contribution in [-0.4, -0.2) is 35.0 Å². The first kappa shape index (κ1) is 18.5. The number of hydrogen-bond donors (Lipinski definition) is 0. The number of halogens is 1. The van der Waals surface area contributed by atoms with Gasteiger partial charge in [-0.25, -0.2) is 0 Å². The number of aromatic nitrogens is 1. The lowest BCUT2D eigenvalue weighted by Crippen LogP contribution is -2.35. The molecule has 1 fully saturated rings. The van der Waals surface area contributed by atoms with Gasteiger partial charge < -0.3 is 9.64 Å². The summed E-state index contributed by atoms with van der Waals surface area (Å²) in [4.78, 5) is 19.3. The predicted octanol–water partition coefficient (Wildman–Crippen LogP) is 4.55. The van der Waals surface area contributed by atoms with Gasteiger partial charge in [0.25, 0.3) is 0 Å². The Morgan fingerprint density at radius 1 is 1.04 bits per heavy atom. The number of nitrogens with zero attached hydrogens (tertiary/aromatic N) is 2. The molecule has 1 unspecified atom stereocenters. The van der Waals surface area contributed by atoms with Crippen LogP contribution in [0.25, 0.3) is 0 Å². The SMILES string of the molecule is O=C(C(c1ccccc1)c1ccccc1)N1CCC(Oc2ccncc2Cl)C1. The second kappa shape index (κ2) is 8.44. The minimum Gasteiger partial charge on any atom is -0.487 e. The lowest BCUT2D eigenvalue weighted by Gasteiger charge is -2.24. The highest BCUT2D eigenvalue weighted by Gasteiger charge is 2.33. The van der Waals surface area contributed by atoms with E-state index in [4.69, 9.17) is 16.3 Å². The van der Waals surface area contributed by atoms with Crippen molar-refractivity contribution >= 4 is 17.5 Å². The van der Waals surface area contributed by atoms with E-state index in [0.29, 0.717) is 23.9 Å². The quantitative estimate of drug-likeness (QED) is 0.639. The third-order valence-corrected chi connectivity index (χ3v) is 5.28. The Bertz CT molecular complexity index is 894. The van der Waals surface area contributed by atoms with Crippen LogP contribution in [0.15, 0.2) is 79.1 Å². The molecule has 0 radical (unpaired) electrons. The molecule has 1 amide bonds. The molecule has 2 aromatic carbocycles. The van der Waals surface area contributed by atoms with Gasteiger partial charge in [0.15, 0.2) is 0 Å². The van der Waals surface area contributed by atoms with Crippen LogP contribution in [0.1, 0.15) is 23.5 Å². The van der Waals surface area contributed by atoms with Crippen LogP contribution >= 0.6 is 11.6 Å². The highest BCUT2D eigenvalue weighted by atomic mass is 35.5. The zero-order valence-electron chi connectivity index (χ0n) is 15.4. The number of rotatable bonds is 5. The molecule has 1 aliphatic heterocycles. The van der Waals surface area contributed by atoms with E-state index in [2.05, 4.69) is 4.98 Å². The Morgan fingerprint density at radius 3 is 2.29 bits per heavy atom. The molecular formula is C23H21ClN2O2. The van der Waals surface area contributed by atoms with Crippen molar-refractivity contribution in [1.82, 2.24) is 9.88 Å². The second-order valence-electron chi connectivity index (χ2n) is 6.87. The van der Waals surface area contributed by atoms with Crippen molar-refractivity contribution in [3.05, 3.63) is 95.3 Å². The summed E-state index contributed by atoms with van der Waals surface area (Å²) >= 11 is 6.14. The van der Waals surface area contributed by atoms with Gasteiger partial charge in [-0.2, -0.15) is 0 Å². The Hall–Kier alpha value is -2.85. The third kappa shape index (κ3) is 4.02. The fourth-order valence-electron chi connectivity index (χ4n) is 3.61. The summed E-state index contributed by atoms with van der Waals surface area (Å²) in [5.74, 6) is 0.397. The summed E-state index contributed by atoms with van der Waals surface area (Å²) in [6.07, 6.45) is 3.92. The zero-order chi connectivity index (χ0) is 19.3. The van der Waals surface area contributed by atoms with Crippen molar-refractivity contribution in [3.63, 3.8) is 0 Å². The molecule has 0 N–H and O–H groups in total. The average molecular weight is 393 g/mol. The number of hydrogen-bond acceptors (Lipinski definition) is 3. The molecular weight excluding hydrogens is 372 g/mol. The molecule has 4 nitrogen and oxygen atoms in total. The molecule has 0 aliphatic carbocycles. The molecule has 1 atom stereocenters. The maximum atomic E-state index is 13.4. The summed E-state index contributed by atoms with van der Waals surface area (Å²) < 4.78 is 6.01. The Morgan fingerprint density at radius 2 is 1.68 bits per heavy atom. The number of benzene rings is 2. The molecule has 1 saturated heterocycles. The second-order valence-corrected chi connectivity index (χ2v) is 7.28. The van der Waals surface area contributed by atoms with Crippen LogP contribution in [0.3, 0.4) is 0 Å². The van der Waals surface area contributed by atoms with Crippen molar-refractivity contribution in [1.29, 1.82) is 0 Å². The normalized spacial score (nSPS) is 16.4. The van der Waals surface area contributed by atoms with E-state index in [0.717, 1.165) is 17.5 Å². The van der Waals surface area contributed by atoms with Crippen molar-refractivity contribution in [2.45, 2.75) is 18.4 Å². The van der Waals surface area contributed by atoms with E-state index >= 15 is 0 Å². The summed E-state index contributed by atoms with van der Waals surface area (Å²) in [5.41, 5.74) is 2.00. The summed E-state index contributed by atoms with van der Waals surface area (Å²) in [6.45, 7) is 1.22. The van der Waals surface area contributed by atoms with Gasteiger partial charge in [0, 0.05) is 31.4 Å². The molecule has 5 heteroatoms. The molecule has 1 aromatic heterocycles.